The van der Waals surface area contributed by atoms with Crippen LogP contribution in [0.1, 0.15) is 46.4 Å². The topological polar surface area (TPSA) is 37.4 Å². The van der Waals surface area contributed by atoms with Crippen molar-refractivity contribution in [3.05, 3.63) is 34.4 Å². The van der Waals surface area contributed by atoms with Gasteiger partial charge >= 0.3 is 0 Å². The van der Waals surface area contributed by atoms with E-state index in [4.69, 9.17) is 0 Å². The molecule has 4 rings (SSSR count). The van der Waals surface area contributed by atoms with Crippen molar-refractivity contribution in [2.75, 3.05) is 0 Å². The fourth-order valence-electron chi connectivity index (χ4n) is 4.20. The zero-order valence-corrected chi connectivity index (χ0v) is 11.3. The van der Waals surface area contributed by atoms with Crippen molar-refractivity contribution in [3.63, 3.8) is 0 Å². The van der Waals surface area contributed by atoms with E-state index < -0.39 is 52.3 Å². The number of hydrogen-bond acceptors (Lipinski definition) is 2. The first kappa shape index (κ1) is 13.7. The molecular formula is C15H11F4NO2. The zero-order valence-electron chi connectivity index (χ0n) is 11.3. The zero-order chi connectivity index (χ0) is 15.8. The molecule has 1 aromatic carbocycles. The lowest BCUT2D eigenvalue weighted by Crippen LogP contribution is -2.43. The molecule has 2 bridgehead atoms. The van der Waals surface area contributed by atoms with Crippen LogP contribution in [0, 0.1) is 35.1 Å². The molecule has 1 unspecified atom stereocenters. The van der Waals surface area contributed by atoms with Crippen molar-refractivity contribution in [1.82, 2.24) is 4.90 Å². The molecule has 0 aromatic heterocycles. The number of carbonyl (C=O) groups excluding carboxylic acids is 2. The third-order valence-electron chi connectivity index (χ3n) is 5.16. The Kier molecular flexibility index (Phi) is 2.68. The van der Waals surface area contributed by atoms with Crippen LogP contribution in [0.4, 0.5) is 17.6 Å². The van der Waals surface area contributed by atoms with Crippen molar-refractivity contribution < 1.29 is 27.2 Å². The molecule has 2 fully saturated rings. The van der Waals surface area contributed by atoms with E-state index >= 15 is 0 Å². The highest BCUT2D eigenvalue weighted by Gasteiger charge is 2.52. The smallest absolute Gasteiger partial charge is 0.265 e. The van der Waals surface area contributed by atoms with Gasteiger partial charge in [-0.3, -0.25) is 14.5 Å². The van der Waals surface area contributed by atoms with Gasteiger partial charge in [-0.1, -0.05) is 6.42 Å². The molecule has 3 nitrogen and oxygen atoms in total. The molecule has 1 aromatic rings. The highest BCUT2D eigenvalue weighted by molar-refractivity contribution is 6.21. The maximum Gasteiger partial charge on any atom is 0.265 e. The standard InChI is InChI=1S/C15H11F4NO2/c16-10-8-9(11(17)13(19)12(10)18)15(22)20(14(8)21)7-4-5-1-2-6(7)3-5/h5-7H,1-4H2/t5-,6+,7?/m0/s1. The van der Waals surface area contributed by atoms with Gasteiger partial charge in [-0.25, -0.2) is 17.6 Å². The van der Waals surface area contributed by atoms with Crippen LogP contribution in [-0.4, -0.2) is 22.8 Å². The number of halogens is 4. The number of fused-ring (bicyclic) bond motifs is 3. The normalized spacial score (nSPS) is 29.6. The highest BCUT2D eigenvalue weighted by atomic mass is 19.2. The van der Waals surface area contributed by atoms with Gasteiger partial charge in [-0.05, 0) is 31.1 Å². The minimum absolute atomic E-state index is 0.105. The van der Waals surface area contributed by atoms with Gasteiger partial charge in [0, 0.05) is 6.04 Å². The molecule has 1 aliphatic heterocycles. The van der Waals surface area contributed by atoms with Crippen LogP contribution in [0.3, 0.4) is 0 Å². The summed E-state index contributed by atoms with van der Waals surface area (Å²) in [5.74, 6) is -9.34. The number of benzene rings is 1. The van der Waals surface area contributed by atoms with E-state index in [1.165, 1.54) is 0 Å². The van der Waals surface area contributed by atoms with E-state index in [0.29, 0.717) is 12.3 Å². The highest BCUT2D eigenvalue weighted by Crippen LogP contribution is 2.48. The van der Waals surface area contributed by atoms with E-state index in [1.54, 1.807) is 0 Å². The van der Waals surface area contributed by atoms with Crippen molar-refractivity contribution in [2.45, 2.75) is 31.7 Å². The Morgan fingerprint density at radius 2 is 1.32 bits per heavy atom. The summed E-state index contributed by atoms with van der Waals surface area (Å²) >= 11 is 0. The Morgan fingerprint density at radius 1 is 0.773 bits per heavy atom. The fraction of sp³-hybridized carbons (Fsp3) is 0.467. The van der Waals surface area contributed by atoms with Crippen LogP contribution >= 0.6 is 0 Å². The van der Waals surface area contributed by atoms with Crippen LogP contribution in [0.15, 0.2) is 0 Å². The Bertz CT molecular complexity index is 686. The number of hydrogen-bond donors (Lipinski definition) is 0. The van der Waals surface area contributed by atoms with E-state index in [-0.39, 0.29) is 5.92 Å². The Morgan fingerprint density at radius 3 is 1.73 bits per heavy atom. The Labute approximate surface area is 122 Å². The molecule has 0 spiro atoms. The second-order valence-electron chi connectivity index (χ2n) is 6.23. The summed E-state index contributed by atoms with van der Waals surface area (Å²) in [5.41, 5.74) is -1.96. The van der Waals surface area contributed by atoms with Crippen molar-refractivity contribution in [1.29, 1.82) is 0 Å². The summed E-state index contributed by atoms with van der Waals surface area (Å²) in [6, 6.07) is -0.434. The van der Waals surface area contributed by atoms with Crippen LogP contribution < -0.4 is 0 Å². The monoisotopic (exact) mass is 313 g/mol. The second kappa shape index (κ2) is 4.30. The van der Waals surface area contributed by atoms with Crippen LogP contribution in [0.2, 0.25) is 0 Å². The average Bonchev–Trinajstić information content (AvgIpc) is 3.16. The van der Waals surface area contributed by atoms with E-state index in [2.05, 4.69) is 0 Å². The number of nitrogens with zero attached hydrogens (tertiary/aromatic N) is 1. The third kappa shape index (κ3) is 1.51. The molecule has 2 amide bonds. The molecule has 1 heterocycles. The van der Waals surface area contributed by atoms with Gasteiger partial charge in [0.1, 0.15) is 0 Å². The Balaban J connectivity index is 1.84. The van der Waals surface area contributed by atoms with Gasteiger partial charge in [0.15, 0.2) is 23.3 Å². The fourth-order valence-corrected chi connectivity index (χ4v) is 4.20. The summed E-state index contributed by atoms with van der Waals surface area (Å²) in [6.45, 7) is 0. The van der Waals surface area contributed by atoms with E-state index in [1.807, 2.05) is 0 Å². The predicted octanol–water partition coefficient (Wildman–Crippen LogP) is 3.03. The molecule has 0 N–H and O–H groups in total. The van der Waals surface area contributed by atoms with E-state index in [0.717, 1.165) is 24.2 Å². The first-order chi connectivity index (χ1) is 10.4. The van der Waals surface area contributed by atoms with Crippen LogP contribution in [-0.2, 0) is 0 Å². The molecule has 2 aliphatic carbocycles. The van der Waals surface area contributed by atoms with Crippen LogP contribution in [0.25, 0.3) is 0 Å². The Hall–Kier alpha value is -1.92. The average molecular weight is 313 g/mol. The summed E-state index contributed by atoms with van der Waals surface area (Å²) in [5, 5.41) is 0. The molecule has 116 valence electrons. The van der Waals surface area contributed by atoms with Gasteiger partial charge < -0.3 is 0 Å². The van der Waals surface area contributed by atoms with Gasteiger partial charge in [0.25, 0.3) is 11.8 Å². The quantitative estimate of drug-likeness (QED) is 0.346. The molecule has 22 heavy (non-hydrogen) atoms. The summed E-state index contributed by atoms with van der Waals surface area (Å²) < 4.78 is 54.3. The minimum atomic E-state index is -2.06. The lowest BCUT2D eigenvalue weighted by atomic mass is 9.94. The predicted molar refractivity (Wildman–Crippen MR) is 66.0 cm³/mol. The molecule has 0 radical (unpaired) electrons. The maximum absolute atomic E-state index is 13.8. The molecule has 3 aliphatic rings. The lowest BCUT2D eigenvalue weighted by Gasteiger charge is -2.29. The number of carbonyl (C=O) groups is 2. The molecule has 3 atom stereocenters. The third-order valence-corrected chi connectivity index (χ3v) is 5.16. The minimum Gasteiger partial charge on any atom is -0.271 e. The molecular weight excluding hydrogens is 302 g/mol. The van der Waals surface area contributed by atoms with Gasteiger partial charge in [-0.2, -0.15) is 0 Å². The first-order valence-corrected chi connectivity index (χ1v) is 7.15. The SMILES string of the molecule is O=C1c2c(F)c(F)c(F)c(F)c2C(=O)N1C1C[C@H]2CC[C@@H]1C2. The molecule has 0 saturated heterocycles. The number of amides is 2. The lowest BCUT2D eigenvalue weighted by molar-refractivity contribution is 0.0527. The van der Waals surface area contributed by atoms with Crippen molar-refractivity contribution >= 4 is 11.8 Å². The van der Waals surface area contributed by atoms with Crippen LogP contribution in [0.5, 0.6) is 0 Å². The second-order valence-corrected chi connectivity index (χ2v) is 6.23. The number of imide groups is 1. The molecule has 2 saturated carbocycles. The first-order valence-electron chi connectivity index (χ1n) is 7.15. The largest absolute Gasteiger partial charge is 0.271 e. The van der Waals surface area contributed by atoms with Gasteiger partial charge in [-0.15, -0.1) is 0 Å². The summed E-state index contributed by atoms with van der Waals surface area (Å²) in [4.78, 5) is 25.4. The van der Waals surface area contributed by atoms with Crippen molar-refractivity contribution in [2.24, 2.45) is 11.8 Å². The van der Waals surface area contributed by atoms with Gasteiger partial charge in [0.05, 0.1) is 11.1 Å². The maximum atomic E-state index is 13.8. The van der Waals surface area contributed by atoms with Crippen molar-refractivity contribution in [3.8, 4) is 0 Å². The summed E-state index contributed by atoms with van der Waals surface area (Å²) in [6.07, 6.45) is 3.31. The van der Waals surface area contributed by atoms with Gasteiger partial charge in [0.2, 0.25) is 0 Å². The van der Waals surface area contributed by atoms with E-state index in [9.17, 15) is 27.2 Å². The molecule has 7 heteroatoms. The summed E-state index contributed by atoms with van der Waals surface area (Å²) in [7, 11) is 0. The number of rotatable bonds is 1.